The highest BCUT2D eigenvalue weighted by Crippen LogP contribution is 2.18. The SMILES string of the molecule is COc1cccc(Cn2c(=O)oc3ccc(C)cc32)c1. The predicted molar refractivity (Wildman–Crippen MR) is 77.3 cm³/mol. The van der Waals surface area contributed by atoms with Gasteiger partial charge in [0, 0.05) is 0 Å². The van der Waals surface area contributed by atoms with Gasteiger partial charge in [-0.1, -0.05) is 18.2 Å². The average Bonchev–Trinajstić information content (AvgIpc) is 2.75. The molecule has 3 rings (SSSR count). The van der Waals surface area contributed by atoms with Crippen molar-refractivity contribution >= 4 is 11.1 Å². The molecule has 0 radical (unpaired) electrons. The minimum Gasteiger partial charge on any atom is -0.497 e. The van der Waals surface area contributed by atoms with E-state index in [1.165, 1.54) is 0 Å². The Hall–Kier alpha value is -2.49. The molecule has 0 unspecified atom stereocenters. The number of oxazole rings is 1. The third-order valence-electron chi connectivity index (χ3n) is 3.30. The second-order valence-corrected chi connectivity index (χ2v) is 4.78. The van der Waals surface area contributed by atoms with E-state index in [0.29, 0.717) is 12.1 Å². The number of hydrogen-bond donors (Lipinski definition) is 0. The number of benzene rings is 2. The topological polar surface area (TPSA) is 44.4 Å². The summed E-state index contributed by atoms with van der Waals surface area (Å²) in [6.07, 6.45) is 0. The van der Waals surface area contributed by atoms with Gasteiger partial charge in [0.25, 0.3) is 0 Å². The van der Waals surface area contributed by atoms with Crippen LogP contribution in [0.15, 0.2) is 51.7 Å². The Morgan fingerprint density at radius 2 is 2.05 bits per heavy atom. The molecule has 0 amide bonds. The molecule has 1 aromatic heterocycles. The molecule has 0 aliphatic rings. The van der Waals surface area contributed by atoms with Crippen LogP contribution in [0.3, 0.4) is 0 Å². The monoisotopic (exact) mass is 269 g/mol. The third-order valence-corrected chi connectivity index (χ3v) is 3.30. The lowest BCUT2D eigenvalue weighted by molar-refractivity contribution is 0.414. The molecule has 2 aromatic carbocycles. The van der Waals surface area contributed by atoms with Gasteiger partial charge in [-0.25, -0.2) is 4.79 Å². The normalized spacial score (nSPS) is 10.9. The van der Waals surface area contributed by atoms with Crippen LogP contribution in [0, 0.1) is 6.92 Å². The maximum Gasteiger partial charge on any atom is 0.420 e. The smallest absolute Gasteiger partial charge is 0.420 e. The van der Waals surface area contributed by atoms with Gasteiger partial charge in [0.15, 0.2) is 5.58 Å². The van der Waals surface area contributed by atoms with Crippen molar-refractivity contribution in [1.29, 1.82) is 0 Å². The van der Waals surface area contributed by atoms with E-state index in [9.17, 15) is 4.79 Å². The van der Waals surface area contributed by atoms with Crippen molar-refractivity contribution in [3.8, 4) is 5.75 Å². The molecule has 0 saturated carbocycles. The number of hydrogen-bond acceptors (Lipinski definition) is 3. The summed E-state index contributed by atoms with van der Waals surface area (Å²) < 4.78 is 12.1. The molecule has 0 aliphatic heterocycles. The summed E-state index contributed by atoms with van der Waals surface area (Å²) in [5, 5.41) is 0. The fourth-order valence-electron chi connectivity index (χ4n) is 2.28. The Bertz CT molecular complexity index is 814. The minimum absolute atomic E-state index is 0.339. The van der Waals surface area contributed by atoms with Gasteiger partial charge >= 0.3 is 5.76 Å². The molecule has 0 bridgehead atoms. The van der Waals surface area contributed by atoms with Crippen LogP contribution in [-0.4, -0.2) is 11.7 Å². The second kappa shape index (κ2) is 4.89. The molecule has 1 heterocycles. The van der Waals surface area contributed by atoms with E-state index in [4.69, 9.17) is 9.15 Å². The molecular weight excluding hydrogens is 254 g/mol. The maximum absolute atomic E-state index is 12.0. The number of fused-ring (bicyclic) bond motifs is 1. The minimum atomic E-state index is -0.339. The number of methoxy groups -OCH3 is 1. The fraction of sp³-hybridized carbons (Fsp3) is 0.188. The summed E-state index contributed by atoms with van der Waals surface area (Å²) in [5.41, 5.74) is 3.52. The quantitative estimate of drug-likeness (QED) is 0.734. The first-order chi connectivity index (χ1) is 9.67. The lowest BCUT2D eigenvalue weighted by Gasteiger charge is -2.05. The first-order valence-corrected chi connectivity index (χ1v) is 6.40. The molecule has 3 aromatic rings. The first kappa shape index (κ1) is 12.5. The molecule has 102 valence electrons. The standard InChI is InChI=1S/C16H15NO3/c1-11-6-7-15-14(8-11)17(16(18)20-15)10-12-4-3-5-13(9-12)19-2/h3-9H,10H2,1-2H3. The van der Waals surface area contributed by atoms with Crippen molar-refractivity contribution in [2.24, 2.45) is 0 Å². The lowest BCUT2D eigenvalue weighted by Crippen LogP contribution is -2.14. The zero-order chi connectivity index (χ0) is 14.1. The summed E-state index contributed by atoms with van der Waals surface area (Å²) >= 11 is 0. The van der Waals surface area contributed by atoms with Gasteiger partial charge in [-0.15, -0.1) is 0 Å². The highest BCUT2D eigenvalue weighted by Gasteiger charge is 2.10. The van der Waals surface area contributed by atoms with Gasteiger partial charge in [0.1, 0.15) is 5.75 Å². The van der Waals surface area contributed by atoms with Gasteiger partial charge in [-0.05, 0) is 42.3 Å². The third kappa shape index (κ3) is 2.20. The van der Waals surface area contributed by atoms with Crippen LogP contribution in [0.4, 0.5) is 0 Å². The number of aryl methyl sites for hydroxylation is 1. The summed E-state index contributed by atoms with van der Waals surface area (Å²) in [6.45, 7) is 2.46. The fourth-order valence-corrected chi connectivity index (χ4v) is 2.28. The van der Waals surface area contributed by atoms with Crippen molar-refractivity contribution in [2.45, 2.75) is 13.5 Å². The highest BCUT2D eigenvalue weighted by molar-refractivity contribution is 5.73. The lowest BCUT2D eigenvalue weighted by atomic mass is 10.2. The zero-order valence-electron chi connectivity index (χ0n) is 11.4. The molecule has 4 heteroatoms. The molecule has 0 atom stereocenters. The Morgan fingerprint density at radius 3 is 2.85 bits per heavy atom. The number of rotatable bonds is 3. The summed E-state index contributed by atoms with van der Waals surface area (Å²) in [6, 6.07) is 13.4. The van der Waals surface area contributed by atoms with Gasteiger partial charge in [0.05, 0.1) is 19.2 Å². The van der Waals surface area contributed by atoms with Gasteiger partial charge in [0.2, 0.25) is 0 Å². The molecule has 0 saturated heterocycles. The van der Waals surface area contributed by atoms with E-state index in [1.54, 1.807) is 11.7 Å². The van der Waals surface area contributed by atoms with Crippen molar-refractivity contribution in [3.05, 3.63) is 64.1 Å². The Kier molecular flexibility index (Phi) is 3.06. The van der Waals surface area contributed by atoms with Crippen LogP contribution < -0.4 is 10.5 Å². The van der Waals surface area contributed by atoms with Crippen molar-refractivity contribution < 1.29 is 9.15 Å². The first-order valence-electron chi connectivity index (χ1n) is 6.40. The van der Waals surface area contributed by atoms with Crippen LogP contribution in [0.25, 0.3) is 11.1 Å². The number of aromatic nitrogens is 1. The van der Waals surface area contributed by atoms with Gasteiger partial charge < -0.3 is 9.15 Å². The molecule has 4 nitrogen and oxygen atoms in total. The summed E-state index contributed by atoms with van der Waals surface area (Å²) in [5.74, 6) is 0.438. The average molecular weight is 269 g/mol. The van der Waals surface area contributed by atoms with Crippen molar-refractivity contribution in [2.75, 3.05) is 7.11 Å². The molecule has 0 fully saturated rings. The van der Waals surface area contributed by atoms with Crippen molar-refractivity contribution in [1.82, 2.24) is 4.57 Å². The van der Waals surface area contributed by atoms with Crippen LogP contribution in [0.5, 0.6) is 5.75 Å². The van der Waals surface area contributed by atoms with E-state index < -0.39 is 0 Å². The van der Waals surface area contributed by atoms with E-state index in [0.717, 1.165) is 22.4 Å². The van der Waals surface area contributed by atoms with Crippen LogP contribution in [0.2, 0.25) is 0 Å². The second-order valence-electron chi connectivity index (χ2n) is 4.78. The molecule has 0 aliphatic carbocycles. The van der Waals surface area contributed by atoms with Gasteiger partial charge in [-0.2, -0.15) is 0 Å². The van der Waals surface area contributed by atoms with E-state index in [2.05, 4.69) is 0 Å². The van der Waals surface area contributed by atoms with Crippen molar-refractivity contribution in [3.63, 3.8) is 0 Å². The zero-order valence-corrected chi connectivity index (χ0v) is 11.4. The maximum atomic E-state index is 12.0. The Balaban J connectivity index is 2.07. The van der Waals surface area contributed by atoms with E-state index >= 15 is 0 Å². The summed E-state index contributed by atoms with van der Waals surface area (Å²) in [4.78, 5) is 12.0. The molecule has 0 spiro atoms. The molecule has 20 heavy (non-hydrogen) atoms. The predicted octanol–water partition coefficient (Wildman–Crippen LogP) is 2.96. The van der Waals surface area contributed by atoms with Gasteiger partial charge in [-0.3, -0.25) is 4.57 Å². The van der Waals surface area contributed by atoms with Crippen LogP contribution in [-0.2, 0) is 6.54 Å². The summed E-state index contributed by atoms with van der Waals surface area (Å²) in [7, 11) is 1.63. The van der Waals surface area contributed by atoms with Crippen LogP contribution >= 0.6 is 0 Å². The molecular formula is C16H15NO3. The largest absolute Gasteiger partial charge is 0.497 e. The number of ether oxygens (including phenoxy) is 1. The highest BCUT2D eigenvalue weighted by atomic mass is 16.5. The molecule has 0 N–H and O–H groups in total. The Labute approximate surface area is 116 Å². The van der Waals surface area contributed by atoms with E-state index in [1.807, 2.05) is 49.4 Å². The number of nitrogens with zero attached hydrogens (tertiary/aromatic N) is 1. The Morgan fingerprint density at radius 1 is 1.20 bits per heavy atom. The van der Waals surface area contributed by atoms with E-state index in [-0.39, 0.29) is 5.76 Å². The van der Waals surface area contributed by atoms with Crippen LogP contribution in [0.1, 0.15) is 11.1 Å².